The molecule has 0 aliphatic carbocycles. The molecule has 0 fully saturated rings. The third kappa shape index (κ3) is 3.44. The molecule has 5 nitrogen and oxygen atoms in total. The Bertz CT molecular complexity index is 973. The normalized spacial score (nSPS) is 11.2. The zero-order chi connectivity index (χ0) is 18.7. The van der Waals surface area contributed by atoms with Crippen molar-refractivity contribution < 1.29 is 14.3 Å². The standard InChI is InChI=1S/C21H23NO4/c1-4-22(5-2)12-15-10-14(6-9-19(15)23)18-13-26-20-11-16(25-3)7-8-17(20)21(18)24/h6-11,13,23H,4-5,12H2,1-3H3. The largest absolute Gasteiger partial charge is 0.508 e. The fourth-order valence-corrected chi connectivity index (χ4v) is 3.00. The van der Waals surface area contributed by atoms with Crippen molar-refractivity contribution in [2.24, 2.45) is 0 Å². The molecule has 0 unspecified atom stereocenters. The average molecular weight is 353 g/mol. The molecule has 0 saturated heterocycles. The lowest BCUT2D eigenvalue weighted by atomic mass is 10.0. The van der Waals surface area contributed by atoms with E-state index >= 15 is 0 Å². The number of phenolic OH excluding ortho intramolecular Hbond substituents is 1. The second-order valence-electron chi connectivity index (χ2n) is 6.15. The van der Waals surface area contributed by atoms with Crippen molar-refractivity contribution >= 4 is 11.0 Å². The Morgan fingerprint density at radius 1 is 1.12 bits per heavy atom. The smallest absolute Gasteiger partial charge is 0.200 e. The summed E-state index contributed by atoms with van der Waals surface area (Å²) in [5.74, 6) is 0.870. The molecule has 0 bridgehead atoms. The highest BCUT2D eigenvalue weighted by atomic mass is 16.5. The number of rotatable bonds is 6. The zero-order valence-corrected chi connectivity index (χ0v) is 15.3. The summed E-state index contributed by atoms with van der Waals surface area (Å²) in [7, 11) is 1.57. The van der Waals surface area contributed by atoms with Crippen LogP contribution in [0.2, 0.25) is 0 Å². The van der Waals surface area contributed by atoms with Crippen LogP contribution in [0.4, 0.5) is 0 Å². The van der Waals surface area contributed by atoms with Crippen molar-refractivity contribution in [2.45, 2.75) is 20.4 Å². The van der Waals surface area contributed by atoms with Crippen LogP contribution in [0.15, 0.2) is 51.9 Å². The van der Waals surface area contributed by atoms with Gasteiger partial charge in [0.2, 0.25) is 0 Å². The minimum absolute atomic E-state index is 0.103. The Balaban J connectivity index is 2.06. The van der Waals surface area contributed by atoms with Gasteiger partial charge in [0.15, 0.2) is 5.43 Å². The first-order valence-electron chi connectivity index (χ1n) is 8.71. The van der Waals surface area contributed by atoms with Crippen molar-refractivity contribution in [1.29, 1.82) is 0 Å². The predicted molar refractivity (Wildman–Crippen MR) is 103 cm³/mol. The lowest BCUT2D eigenvalue weighted by molar-refractivity contribution is 0.291. The number of nitrogens with zero attached hydrogens (tertiary/aromatic N) is 1. The fourth-order valence-electron chi connectivity index (χ4n) is 3.00. The number of fused-ring (bicyclic) bond motifs is 1. The Labute approximate surface area is 152 Å². The number of ether oxygens (including phenoxy) is 1. The summed E-state index contributed by atoms with van der Waals surface area (Å²) in [6, 6.07) is 10.4. The van der Waals surface area contributed by atoms with E-state index in [2.05, 4.69) is 18.7 Å². The molecule has 0 amide bonds. The van der Waals surface area contributed by atoms with Crippen molar-refractivity contribution in [3.63, 3.8) is 0 Å². The van der Waals surface area contributed by atoms with E-state index in [0.29, 0.717) is 28.8 Å². The third-order valence-electron chi connectivity index (χ3n) is 4.66. The summed E-state index contributed by atoms with van der Waals surface area (Å²) < 4.78 is 10.8. The first kappa shape index (κ1) is 18.0. The van der Waals surface area contributed by atoms with Crippen LogP contribution in [-0.4, -0.2) is 30.2 Å². The van der Waals surface area contributed by atoms with Gasteiger partial charge in [0.25, 0.3) is 0 Å². The van der Waals surface area contributed by atoms with Crippen LogP contribution < -0.4 is 10.2 Å². The lowest BCUT2D eigenvalue weighted by Crippen LogP contribution is -2.22. The molecule has 5 heteroatoms. The van der Waals surface area contributed by atoms with Crippen molar-refractivity contribution in [3.8, 4) is 22.6 Å². The maximum Gasteiger partial charge on any atom is 0.200 e. The maximum atomic E-state index is 12.9. The Morgan fingerprint density at radius 2 is 1.88 bits per heavy atom. The van der Waals surface area contributed by atoms with Crippen molar-refractivity contribution in [1.82, 2.24) is 4.90 Å². The number of hydrogen-bond donors (Lipinski definition) is 1. The summed E-state index contributed by atoms with van der Waals surface area (Å²) in [5.41, 5.74) is 2.38. The van der Waals surface area contributed by atoms with E-state index < -0.39 is 0 Å². The van der Waals surface area contributed by atoms with Crippen molar-refractivity contribution in [2.75, 3.05) is 20.2 Å². The molecule has 2 aromatic carbocycles. The van der Waals surface area contributed by atoms with Gasteiger partial charge < -0.3 is 14.3 Å². The maximum absolute atomic E-state index is 12.9. The van der Waals surface area contributed by atoms with E-state index in [1.807, 2.05) is 6.07 Å². The number of phenols is 1. The molecule has 1 aromatic heterocycles. The minimum atomic E-state index is -0.103. The van der Waals surface area contributed by atoms with Crippen LogP contribution in [0, 0.1) is 0 Å². The lowest BCUT2D eigenvalue weighted by Gasteiger charge is -2.19. The Hall–Kier alpha value is -2.79. The molecule has 0 aliphatic heterocycles. The molecule has 1 N–H and O–H groups in total. The molecule has 0 saturated carbocycles. The highest BCUT2D eigenvalue weighted by Gasteiger charge is 2.13. The van der Waals surface area contributed by atoms with Crippen LogP contribution in [0.25, 0.3) is 22.1 Å². The van der Waals surface area contributed by atoms with Crippen LogP contribution in [0.3, 0.4) is 0 Å². The van der Waals surface area contributed by atoms with Crippen molar-refractivity contribution in [3.05, 3.63) is 58.4 Å². The SMILES string of the molecule is CCN(CC)Cc1cc(-c2coc3cc(OC)ccc3c2=O)ccc1O. The van der Waals surface area contributed by atoms with E-state index in [1.165, 1.54) is 6.26 Å². The number of benzene rings is 2. The van der Waals surface area contributed by atoms with E-state index in [4.69, 9.17) is 9.15 Å². The van der Waals surface area contributed by atoms with Crippen LogP contribution in [0.1, 0.15) is 19.4 Å². The number of hydrogen-bond acceptors (Lipinski definition) is 5. The molecule has 0 radical (unpaired) electrons. The van der Waals surface area contributed by atoms with Crippen LogP contribution >= 0.6 is 0 Å². The average Bonchev–Trinajstić information content (AvgIpc) is 2.67. The summed E-state index contributed by atoms with van der Waals surface area (Å²) in [6.45, 7) is 6.57. The second-order valence-corrected chi connectivity index (χ2v) is 6.15. The molecule has 26 heavy (non-hydrogen) atoms. The topological polar surface area (TPSA) is 62.9 Å². The van der Waals surface area contributed by atoms with Gasteiger partial charge in [-0.3, -0.25) is 9.69 Å². The van der Waals surface area contributed by atoms with Gasteiger partial charge in [0.1, 0.15) is 23.3 Å². The highest BCUT2D eigenvalue weighted by Crippen LogP contribution is 2.27. The van der Waals surface area contributed by atoms with Gasteiger partial charge in [0.05, 0.1) is 18.1 Å². The Morgan fingerprint density at radius 3 is 2.58 bits per heavy atom. The molecule has 136 valence electrons. The molecular formula is C21H23NO4. The zero-order valence-electron chi connectivity index (χ0n) is 15.3. The molecular weight excluding hydrogens is 330 g/mol. The van der Waals surface area contributed by atoms with E-state index in [0.717, 1.165) is 24.2 Å². The quantitative estimate of drug-likeness (QED) is 0.725. The monoisotopic (exact) mass is 353 g/mol. The molecule has 3 aromatic rings. The van der Waals surface area contributed by atoms with E-state index in [9.17, 15) is 9.90 Å². The first-order valence-corrected chi connectivity index (χ1v) is 8.71. The van der Waals surface area contributed by atoms with Gasteiger partial charge in [-0.2, -0.15) is 0 Å². The number of methoxy groups -OCH3 is 1. The Kier molecular flexibility index (Phi) is 5.28. The predicted octanol–water partition coefficient (Wildman–Crippen LogP) is 4.02. The fraction of sp³-hybridized carbons (Fsp3) is 0.286. The minimum Gasteiger partial charge on any atom is -0.508 e. The highest BCUT2D eigenvalue weighted by molar-refractivity contribution is 5.82. The first-order chi connectivity index (χ1) is 12.6. The van der Waals surface area contributed by atoms with Gasteiger partial charge in [-0.15, -0.1) is 0 Å². The van der Waals surface area contributed by atoms with Gasteiger partial charge in [-0.25, -0.2) is 0 Å². The van der Waals surface area contributed by atoms with Gasteiger partial charge in [0, 0.05) is 18.2 Å². The molecule has 0 spiro atoms. The van der Waals surface area contributed by atoms with Gasteiger partial charge in [-0.1, -0.05) is 19.9 Å². The molecule has 0 aliphatic rings. The van der Waals surface area contributed by atoms with Gasteiger partial charge in [-0.05, 0) is 42.9 Å². The summed E-state index contributed by atoms with van der Waals surface area (Å²) in [6.07, 6.45) is 1.47. The molecule has 1 heterocycles. The summed E-state index contributed by atoms with van der Waals surface area (Å²) in [4.78, 5) is 15.1. The molecule has 0 atom stereocenters. The van der Waals surface area contributed by atoms with E-state index in [1.54, 1.807) is 37.4 Å². The van der Waals surface area contributed by atoms with E-state index in [-0.39, 0.29) is 11.2 Å². The third-order valence-corrected chi connectivity index (χ3v) is 4.66. The molecule has 3 rings (SSSR count). The van der Waals surface area contributed by atoms with Gasteiger partial charge >= 0.3 is 0 Å². The number of aromatic hydroxyl groups is 1. The van der Waals surface area contributed by atoms with Crippen LogP contribution in [-0.2, 0) is 6.54 Å². The summed E-state index contributed by atoms with van der Waals surface area (Å²) in [5, 5.41) is 10.7. The summed E-state index contributed by atoms with van der Waals surface area (Å²) >= 11 is 0. The van der Waals surface area contributed by atoms with Crippen LogP contribution in [0.5, 0.6) is 11.5 Å². The second kappa shape index (κ2) is 7.62.